The van der Waals surface area contributed by atoms with Crippen LogP contribution in [0.5, 0.6) is 0 Å². The molecule has 2 aromatic rings. The van der Waals surface area contributed by atoms with Crippen LogP contribution in [0.25, 0.3) is 0 Å². The van der Waals surface area contributed by atoms with Crippen LogP contribution in [-0.2, 0) is 4.74 Å². The zero-order chi connectivity index (χ0) is 17.7. The molecular weight excluding hydrogens is 310 g/mol. The Hall–Kier alpha value is -2.85. The van der Waals surface area contributed by atoms with E-state index in [1.807, 2.05) is 25.1 Å². The van der Waals surface area contributed by atoms with E-state index in [-0.39, 0.29) is 17.3 Å². The molecule has 2 rings (SSSR count). The summed E-state index contributed by atoms with van der Waals surface area (Å²) in [5.41, 5.74) is 1.16. The largest absolute Gasteiger partial charge is 0.464 e. The number of anilines is 1. The first-order valence-corrected chi connectivity index (χ1v) is 7.47. The molecule has 0 bridgehead atoms. The normalized spacial score (nSPS) is 11.8. The standard InChI is InChI=1S/C17H19N3O4/c1-11-4-5-17(24-11)14(6-7-23-3)19-15-8-13(10-18)9-16(12(15)2)20(21)22/h4-5,8-9,14,19H,6-7H2,1-3H3/t14-/m0/s1. The fourth-order valence-corrected chi connectivity index (χ4v) is 2.45. The van der Waals surface area contributed by atoms with Gasteiger partial charge in [-0.25, -0.2) is 0 Å². The maximum Gasteiger partial charge on any atom is 0.275 e. The molecule has 0 aliphatic heterocycles. The van der Waals surface area contributed by atoms with E-state index in [0.717, 1.165) is 5.76 Å². The van der Waals surface area contributed by atoms with E-state index < -0.39 is 4.92 Å². The molecule has 7 heteroatoms. The van der Waals surface area contributed by atoms with Gasteiger partial charge in [-0.05, 0) is 38.5 Å². The fourth-order valence-electron chi connectivity index (χ4n) is 2.45. The van der Waals surface area contributed by atoms with Crippen LogP contribution in [0.2, 0.25) is 0 Å². The Morgan fingerprint density at radius 1 is 1.42 bits per heavy atom. The van der Waals surface area contributed by atoms with Gasteiger partial charge in [-0.3, -0.25) is 10.1 Å². The molecule has 1 N–H and O–H groups in total. The molecule has 0 spiro atoms. The summed E-state index contributed by atoms with van der Waals surface area (Å²) >= 11 is 0. The van der Waals surface area contributed by atoms with Gasteiger partial charge in [-0.1, -0.05) is 0 Å². The molecule has 1 aromatic heterocycles. The van der Waals surface area contributed by atoms with Crippen molar-refractivity contribution >= 4 is 11.4 Å². The number of hydrogen-bond donors (Lipinski definition) is 1. The van der Waals surface area contributed by atoms with Crippen LogP contribution in [0.3, 0.4) is 0 Å². The first-order chi connectivity index (χ1) is 11.5. The zero-order valence-electron chi connectivity index (χ0n) is 13.8. The maximum atomic E-state index is 11.2. The third kappa shape index (κ3) is 3.91. The van der Waals surface area contributed by atoms with Crippen molar-refractivity contribution in [3.05, 3.63) is 57.0 Å². The number of nitro benzene ring substituents is 1. The van der Waals surface area contributed by atoms with Crippen LogP contribution >= 0.6 is 0 Å². The van der Waals surface area contributed by atoms with E-state index >= 15 is 0 Å². The quantitative estimate of drug-likeness (QED) is 0.611. The highest BCUT2D eigenvalue weighted by Gasteiger charge is 2.21. The molecular formula is C17H19N3O4. The van der Waals surface area contributed by atoms with Crippen molar-refractivity contribution in [2.75, 3.05) is 19.0 Å². The second kappa shape index (κ2) is 7.62. The molecule has 0 unspecified atom stereocenters. The molecule has 1 atom stereocenters. The van der Waals surface area contributed by atoms with Crippen LogP contribution in [0.1, 0.15) is 35.1 Å². The lowest BCUT2D eigenvalue weighted by molar-refractivity contribution is -0.385. The number of methoxy groups -OCH3 is 1. The molecule has 126 valence electrons. The van der Waals surface area contributed by atoms with E-state index in [2.05, 4.69) is 5.32 Å². The first-order valence-electron chi connectivity index (χ1n) is 7.47. The summed E-state index contributed by atoms with van der Waals surface area (Å²) in [6.07, 6.45) is 0.619. The van der Waals surface area contributed by atoms with Gasteiger partial charge in [-0.2, -0.15) is 5.26 Å². The smallest absolute Gasteiger partial charge is 0.275 e. The van der Waals surface area contributed by atoms with Crippen molar-refractivity contribution in [3.63, 3.8) is 0 Å². The minimum absolute atomic E-state index is 0.0855. The predicted octanol–water partition coefficient (Wildman–Crippen LogP) is 3.87. The van der Waals surface area contributed by atoms with Crippen LogP contribution < -0.4 is 5.32 Å². The van der Waals surface area contributed by atoms with E-state index in [0.29, 0.717) is 30.0 Å². The van der Waals surface area contributed by atoms with Crippen molar-refractivity contribution in [1.82, 2.24) is 0 Å². The van der Waals surface area contributed by atoms with Gasteiger partial charge in [0, 0.05) is 31.0 Å². The third-order valence-corrected chi connectivity index (χ3v) is 3.75. The average Bonchev–Trinajstić information content (AvgIpc) is 2.98. The molecule has 0 aliphatic carbocycles. The van der Waals surface area contributed by atoms with Crippen LogP contribution in [0.4, 0.5) is 11.4 Å². The second-order valence-corrected chi connectivity index (χ2v) is 5.46. The van der Waals surface area contributed by atoms with E-state index in [9.17, 15) is 10.1 Å². The molecule has 0 amide bonds. The second-order valence-electron chi connectivity index (χ2n) is 5.46. The van der Waals surface area contributed by atoms with Crippen molar-refractivity contribution < 1.29 is 14.1 Å². The number of rotatable bonds is 7. The van der Waals surface area contributed by atoms with Crippen molar-refractivity contribution in [2.24, 2.45) is 0 Å². The third-order valence-electron chi connectivity index (χ3n) is 3.75. The zero-order valence-corrected chi connectivity index (χ0v) is 13.8. The number of nitriles is 1. The predicted molar refractivity (Wildman–Crippen MR) is 88.9 cm³/mol. The molecule has 0 fully saturated rings. The summed E-state index contributed by atoms with van der Waals surface area (Å²) < 4.78 is 10.8. The Morgan fingerprint density at radius 2 is 2.17 bits per heavy atom. The van der Waals surface area contributed by atoms with Gasteiger partial charge in [0.2, 0.25) is 0 Å². The number of nitro groups is 1. The highest BCUT2D eigenvalue weighted by molar-refractivity contribution is 5.64. The lowest BCUT2D eigenvalue weighted by Crippen LogP contribution is -2.14. The van der Waals surface area contributed by atoms with Gasteiger partial charge in [-0.15, -0.1) is 0 Å². The number of aryl methyl sites for hydroxylation is 1. The summed E-state index contributed by atoms with van der Waals surface area (Å²) in [4.78, 5) is 10.7. The minimum atomic E-state index is -0.484. The summed E-state index contributed by atoms with van der Waals surface area (Å²) in [6, 6.07) is 8.35. The van der Waals surface area contributed by atoms with Crippen molar-refractivity contribution in [3.8, 4) is 6.07 Å². The van der Waals surface area contributed by atoms with Gasteiger partial charge in [0.25, 0.3) is 5.69 Å². The van der Waals surface area contributed by atoms with E-state index in [1.165, 1.54) is 6.07 Å². The topological polar surface area (TPSA) is 101 Å². The monoisotopic (exact) mass is 329 g/mol. The number of nitrogens with one attached hydrogen (secondary N) is 1. The van der Waals surface area contributed by atoms with Crippen LogP contribution in [-0.4, -0.2) is 18.6 Å². The Balaban J connectivity index is 2.39. The Bertz CT molecular complexity index is 777. The maximum absolute atomic E-state index is 11.2. The summed E-state index contributed by atoms with van der Waals surface area (Å²) in [7, 11) is 1.61. The molecule has 0 radical (unpaired) electrons. The van der Waals surface area contributed by atoms with Crippen molar-refractivity contribution in [2.45, 2.75) is 26.3 Å². The Morgan fingerprint density at radius 3 is 2.71 bits per heavy atom. The minimum Gasteiger partial charge on any atom is -0.464 e. The molecule has 7 nitrogen and oxygen atoms in total. The number of furan rings is 1. The Labute approximate surface area is 140 Å². The molecule has 0 saturated heterocycles. The highest BCUT2D eigenvalue weighted by atomic mass is 16.6. The summed E-state index contributed by atoms with van der Waals surface area (Å²) in [6.45, 7) is 4.00. The van der Waals surface area contributed by atoms with Gasteiger partial charge in [0.05, 0.1) is 22.6 Å². The molecule has 1 aromatic carbocycles. The number of ether oxygens (including phenoxy) is 1. The van der Waals surface area contributed by atoms with Crippen LogP contribution in [0.15, 0.2) is 28.7 Å². The molecule has 0 saturated carbocycles. The average molecular weight is 329 g/mol. The number of benzene rings is 1. The lowest BCUT2D eigenvalue weighted by Gasteiger charge is -2.19. The Kier molecular flexibility index (Phi) is 5.55. The SMILES string of the molecule is COCC[C@H](Nc1cc(C#N)cc([N+](=O)[O-])c1C)c1ccc(C)o1. The molecule has 1 heterocycles. The van der Waals surface area contributed by atoms with Gasteiger partial charge in [0.15, 0.2) is 0 Å². The lowest BCUT2D eigenvalue weighted by atomic mass is 10.1. The van der Waals surface area contributed by atoms with Crippen molar-refractivity contribution in [1.29, 1.82) is 5.26 Å². The highest BCUT2D eigenvalue weighted by Crippen LogP contribution is 2.32. The van der Waals surface area contributed by atoms with E-state index in [4.69, 9.17) is 14.4 Å². The summed E-state index contributed by atoms with van der Waals surface area (Å²) in [5, 5.41) is 23.6. The van der Waals surface area contributed by atoms with E-state index in [1.54, 1.807) is 20.1 Å². The van der Waals surface area contributed by atoms with Gasteiger partial charge in [0.1, 0.15) is 11.5 Å². The fraction of sp³-hybridized carbons (Fsp3) is 0.353. The molecule has 24 heavy (non-hydrogen) atoms. The van der Waals surface area contributed by atoms with Crippen LogP contribution in [0, 0.1) is 35.3 Å². The number of hydrogen-bond acceptors (Lipinski definition) is 6. The van der Waals surface area contributed by atoms with Gasteiger partial charge < -0.3 is 14.5 Å². The summed E-state index contributed by atoms with van der Waals surface area (Å²) in [5.74, 6) is 1.50. The van der Waals surface area contributed by atoms with Gasteiger partial charge >= 0.3 is 0 Å². The molecule has 0 aliphatic rings. The first kappa shape index (κ1) is 17.5. The number of nitrogens with zero attached hydrogens (tertiary/aromatic N) is 2.